The molecule has 0 saturated heterocycles. The van der Waals surface area contributed by atoms with E-state index >= 15 is 0 Å². The molecule has 108 valence electrons. The van der Waals surface area contributed by atoms with Crippen LogP contribution in [0.4, 0.5) is 0 Å². The van der Waals surface area contributed by atoms with Gasteiger partial charge in [-0.3, -0.25) is 9.89 Å². The summed E-state index contributed by atoms with van der Waals surface area (Å²) in [5.41, 5.74) is 0.936. The number of rotatable bonds is 3. The first kappa shape index (κ1) is 12.4. The summed E-state index contributed by atoms with van der Waals surface area (Å²) in [5.74, 6) is 2.76. The lowest BCUT2D eigenvalue weighted by Gasteiger charge is -2.59. The van der Waals surface area contributed by atoms with Gasteiger partial charge in [-0.05, 0) is 74.7 Å². The first-order valence-corrected chi connectivity index (χ1v) is 7.95. The zero-order valence-electron chi connectivity index (χ0n) is 12.1. The van der Waals surface area contributed by atoms with Gasteiger partial charge in [0.1, 0.15) is 5.69 Å². The third kappa shape index (κ3) is 1.88. The number of amides is 1. The lowest BCUT2D eigenvalue weighted by molar-refractivity contribution is -0.0688. The topological polar surface area (TPSA) is 57.8 Å². The van der Waals surface area contributed by atoms with E-state index in [2.05, 4.69) is 22.4 Å². The van der Waals surface area contributed by atoms with Gasteiger partial charge >= 0.3 is 0 Å². The Morgan fingerprint density at radius 3 is 2.40 bits per heavy atom. The average molecular weight is 273 g/mol. The number of nitrogens with zero attached hydrogens (tertiary/aromatic N) is 1. The van der Waals surface area contributed by atoms with Crippen LogP contribution in [0.1, 0.15) is 55.9 Å². The molecule has 1 heterocycles. The number of carbonyl (C=O) groups excluding carboxylic acids is 1. The molecular formula is C16H23N3O. The molecule has 4 nitrogen and oxygen atoms in total. The maximum atomic E-state index is 12.2. The predicted octanol–water partition coefficient (Wildman–Crippen LogP) is 2.74. The van der Waals surface area contributed by atoms with E-state index in [0.717, 1.165) is 17.8 Å². The van der Waals surface area contributed by atoms with Gasteiger partial charge < -0.3 is 5.32 Å². The summed E-state index contributed by atoms with van der Waals surface area (Å²) in [7, 11) is 0. The van der Waals surface area contributed by atoms with Crippen LogP contribution < -0.4 is 5.32 Å². The van der Waals surface area contributed by atoms with Crippen molar-refractivity contribution < 1.29 is 4.79 Å². The third-order valence-electron chi connectivity index (χ3n) is 6.10. The van der Waals surface area contributed by atoms with Crippen molar-refractivity contribution in [1.29, 1.82) is 0 Å². The van der Waals surface area contributed by atoms with Crippen molar-refractivity contribution >= 4 is 5.91 Å². The summed E-state index contributed by atoms with van der Waals surface area (Å²) in [6.45, 7) is 2.21. The molecule has 4 saturated carbocycles. The van der Waals surface area contributed by atoms with Crippen molar-refractivity contribution in [3.63, 3.8) is 0 Å². The molecule has 4 aliphatic rings. The Bertz CT molecular complexity index is 473. The van der Waals surface area contributed by atoms with E-state index in [4.69, 9.17) is 0 Å². The highest BCUT2D eigenvalue weighted by molar-refractivity contribution is 5.92. The number of H-pyrrole nitrogens is 1. The van der Waals surface area contributed by atoms with Gasteiger partial charge in [0.25, 0.3) is 5.91 Å². The smallest absolute Gasteiger partial charge is 0.269 e. The monoisotopic (exact) mass is 273 g/mol. The maximum absolute atomic E-state index is 12.2. The lowest BCUT2D eigenvalue weighted by Crippen LogP contribution is -2.55. The molecule has 2 N–H and O–H groups in total. The minimum atomic E-state index is -0.00857. The van der Waals surface area contributed by atoms with E-state index in [1.807, 2.05) is 0 Å². The molecule has 0 aromatic carbocycles. The molecule has 0 aliphatic heterocycles. The lowest BCUT2D eigenvalue weighted by atomic mass is 9.48. The third-order valence-corrected chi connectivity index (χ3v) is 6.10. The molecule has 4 aliphatic carbocycles. The Balaban J connectivity index is 1.51. The molecule has 1 aromatic heterocycles. The van der Waals surface area contributed by atoms with Crippen LogP contribution in [-0.4, -0.2) is 22.1 Å². The SMILES string of the molecule is C[C@@H](NC(=O)c1ccn[nH]1)C12CC3CC(CC(C3)C1)C2. The standard InChI is InChI=1S/C16H23N3O/c1-10(18-15(20)14-2-3-17-19-14)16-7-11-4-12(8-16)6-13(5-11)9-16/h2-3,10-13H,4-9H2,1H3,(H,17,19)(H,18,20)/t10-,11?,12?,13?,16?/m1/s1. The highest BCUT2D eigenvalue weighted by atomic mass is 16.2. The Kier molecular flexibility index (Phi) is 2.69. The van der Waals surface area contributed by atoms with Crippen LogP contribution in [0, 0.1) is 23.2 Å². The molecule has 5 rings (SSSR count). The number of carbonyl (C=O) groups is 1. The second kappa shape index (κ2) is 4.34. The van der Waals surface area contributed by atoms with Gasteiger partial charge in [-0.25, -0.2) is 0 Å². The highest BCUT2D eigenvalue weighted by Crippen LogP contribution is 2.61. The fraction of sp³-hybridized carbons (Fsp3) is 0.750. The summed E-state index contributed by atoms with van der Waals surface area (Å²) in [6, 6.07) is 2.01. The largest absolute Gasteiger partial charge is 0.348 e. The van der Waals surface area contributed by atoms with Gasteiger partial charge in [0.15, 0.2) is 0 Å². The van der Waals surface area contributed by atoms with Crippen LogP contribution in [0.5, 0.6) is 0 Å². The van der Waals surface area contributed by atoms with E-state index in [0.29, 0.717) is 11.1 Å². The molecule has 1 atom stereocenters. The minimum absolute atomic E-state index is 0.00857. The van der Waals surface area contributed by atoms with Crippen molar-refractivity contribution in [2.24, 2.45) is 23.2 Å². The average Bonchev–Trinajstić information content (AvgIpc) is 2.90. The van der Waals surface area contributed by atoms with Gasteiger partial charge in [0.05, 0.1) is 0 Å². The van der Waals surface area contributed by atoms with Gasteiger partial charge in [-0.1, -0.05) is 0 Å². The molecule has 4 bridgehead atoms. The molecular weight excluding hydrogens is 250 g/mol. The Labute approximate surface area is 119 Å². The van der Waals surface area contributed by atoms with Crippen LogP contribution in [-0.2, 0) is 0 Å². The number of aromatic nitrogens is 2. The fourth-order valence-corrected chi connectivity index (χ4v) is 5.52. The Hall–Kier alpha value is -1.32. The second-order valence-electron chi connectivity index (χ2n) is 7.45. The number of hydrogen-bond acceptors (Lipinski definition) is 2. The molecule has 1 aromatic rings. The highest BCUT2D eigenvalue weighted by Gasteiger charge is 2.53. The molecule has 4 heteroatoms. The zero-order valence-corrected chi connectivity index (χ0v) is 12.1. The van der Waals surface area contributed by atoms with Crippen molar-refractivity contribution in [3.8, 4) is 0 Å². The van der Waals surface area contributed by atoms with Crippen LogP contribution in [0.25, 0.3) is 0 Å². The number of nitrogens with one attached hydrogen (secondary N) is 2. The summed E-state index contributed by atoms with van der Waals surface area (Å²) in [4.78, 5) is 12.2. The second-order valence-corrected chi connectivity index (χ2v) is 7.45. The van der Waals surface area contributed by atoms with E-state index in [9.17, 15) is 4.79 Å². The van der Waals surface area contributed by atoms with Crippen molar-refractivity contribution in [2.45, 2.75) is 51.5 Å². The van der Waals surface area contributed by atoms with E-state index < -0.39 is 0 Å². The van der Waals surface area contributed by atoms with E-state index in [1.54, 1.807) is 12.3 Å². The summed E-state index contributed by atoms with van der Waals surface area (Å²) < 4.78 is 0. The van der Waals surface area contributed by atoms with Gasteiger partial charge in [0.2, 0.25) is 0 Å². The van der Waals surface area contributed by atoms with E-state index in [-0.39, 0.29) is 11.9 Å². The molecule has 4 fully saturated rings. The van der Waals surface area contributed by atoms with Gasteiger partial charge in [-0.15, -0.1) is 0 Å². The first-order valence-electron chi connectivity index (χ1n) is 7.95. The van der Waals surface area contributed by atoms with Gasteiger partial charge in [-0.2, -0.15) is 5.10 Å². The van der Waals surface area contributed by atoms with Crippen LogP contribution in [0.3, 0.4) is 0 Å². The number of hydrogen-bond donors (Lipinski definition) is 2. The minimum Gasteiger partial charge on any atom is -0.348 e. The Morgan fingerprint density at radius 1 is 1.30 bits per heavy atom. The quantitative estimate of drug-likeness (QED) is 0.889. The predicted molar refractivity (Wildman–Crippen MR) is 76.1 cm³/mol. The molecule has 1 amide bonds. The fourth-order valence-electron chi connectivity index (χ4n) is 5.52. The van der Waals surface area contributed by atoms with E-state index in [1.165, 1.54) is 38.5 Å². The Morgan fingerprint density at radius 2 is 1.90 bits per heavy atom. The van der Waals surface area contributed by atoms with Crippen molar-refractivity contribution in [2.75, 3.05) is 0 Å². The first-order chi connectivity index (χ1) is 9.64. The number of aromatic amines is 1. The molecule has 0 unspecified atom stereocenters. The molecule has 20 heavy (non-hydrogen) atoms. The van der Waals surface area contributed by atoms with Crippen molar-refractivity contribution in [1.82, 2.24) is 15.5 Å². The molecule has 0 radical (unpaired) electrons. The summed E-state index contributed by atoms with van der Waals surface area (Å²) in [5, 5.41) is 9.84. The van der Waals surface area contributed by atoms with Crippen LogP contribution in [0.15, 0.2) is 12.3 Å². The summed E-state index contributed by atoms with van der Waals surface area (Å²) >= 11 is 0. The zero-order chi connectivity index (χ0) is 13.7. The summed E-state index contributed by atoms with van der Waals surface area (Å²) in [6.07, 6.45) is 9.93. The van der Waals surface area contributed by atoms with Crippen molar-refractivity contribution in [3.05, 3.63) is 18.0 Å². The van der Waals surface area contributed by atoms with Crippen LogP contribution in [0.2, 0.25) is 0 Å². The van der Waals surface area contributed by atoms with Gasteiger partial charge in [0, 0.05) is 12.2 Å². The maximum Gasteiger partial charge on any atom is 0.269 e. The van der Waals surface area contributed by atoms with Crippen LogP contribution >= 0.6 is 0 Å². The normalized spacial score (nSPS) is 39.8. The molecule has 0 spiro atoms.